The molecule has 6 aliphatic rings. The zero-order chi connectivity index (χ0) is 45.7. The molecule has 4 saturated carbocycles. The number of methoxy groups -OCH3 is 1. The quantitative estimate of drug-likeness (QED) is 0.212. The maximum absolute atomic E-state index is 17.6. The molecule has 3 aromatic rings. The normalized spacial score (nSPS) is 33.2. The van der Waals surface area contributed by atoms with Crippen LogP contribution in [0.3, 0.4) is 0 Å². The number of aliphatic hydroxyl groups is 2. The molecule has 9 atom stereocenters. The highest BCUT2D eigenvalue weighted by Gasteiger charge is 2.75. The summed E-state index contributed by atoms with van der Waals surface area (Å²) in [6.07, 6.45) is 6.80. The van der Waals surface area contributed by atoms with Crippen LogP contribution in [0.25, 0.3) is 10.9 Å². The summed E-state index contributed by atoms with van der Waals surface area (Å²) < 4.78 is 52.1. The van der Waals surface area contributed by atoms with E-state index in [1.165, 1.54) is 55.8 Å². The van der Waals surface area contributed by atoms with E-state index in [1.807, 2.05) is 16.4 Å². The Labute approximate surface area is 369 Å². The van der Waals surface area contributed by atoms with E-state index in [0.29, 0.717) is 55.5 Å². The lowest BCUT2D eigenvalue weighted by atomic mass is 9.44. The Hall–Kier alpha value is -5.25. The monoisotopic (exact) mass is 883 g/mol. The Morgan fingerprint density at radius 2 is 1.75 bits per heavy atom. The number of hydrogen-bond donors (Lipinski definition) is 3. The van der Waals surface area contributed by atoms with E-state index < -0.39 is 81.5 Å². The van der Waals surface area contributed by atoms with Crippen LogP contribution in [0.4, 0.5) is 14.5 Å². The average molecular weight is 884 g/mol. The number of pyridine rings is 1. The number of rotatable bonds is 10. The number of nitrogens with zero attached hydrogens (tertiary/aromatic N) is 2. The third kappa shape index (κ3) is 6.58. The van der Waals surface area contributed by atoms with Crippen LogP contribution in [0, 0.1) is 34.4 Å². The van der Waals surface area contributed by atoms with Crippen molar-refractivity contribution in [1.82, 2.24) is 9.88 Å². The topological polar surface area (TPSA) is 174 Å². The molecule has 1 unspecified atom stereocenters. The summed E-state index contributed by atoms with van der Waals surface area (Å²) in [6, 6.07) is 7.20. The van der Waals surface area contributed by atoms with Gasteiger partial charge in [0.1, 0.15) is 23.5 Å². The number of piperazine rings is 1. The van der Waals surface area contributed by atoms with Gasteiger partial charge in [0.25, 0.3) is 0 Å². The first-order chi connectivity index (χ1) is 30.4. The minimum Gasteiger partial charge on any atom is -0.492 e. The summed E-state index contributed by atoms with van der Waals surface area (Å²) in [7, 11) is 1.44. The van der Waals surface area contributed by atoms with Gasteiger partial charge in [-0.25, -0.2) is 18.4 Å². The van der Waals surface area contributed by atoms with Gasteiger partial charge in [-0.1, -0.05) is 37.6 Å². The fourth-order valence-corrected chi connectivity index (χ4v) is 12.3. The van der Waals surface area contributed by atoms with E-state index in [-0.39, 0.29) is 58.8 Å². The molecule has 2 heterocycles. The van der Waals surface area contributed by atoms with Gasteiger partial charge in [0, 0.05) is 54.7 Å². The molecule has 9 rings (SSSR count). The molecule has 5 aliphatic carbocycles. The molecular weight excluding hydrogens is 829 g/mol. The van der Waals surface area contributed by atoms with Gasteiger partial charge in [-0.15, -0.1) is 0 Å². The predicted molar refractivity (Wildman–Crippen MR) is 231 cm³/mol. The third-order valence-electron chi connectivity index (χ3n) is 15.8. The summed E-state index contributed by atoms with van der Waals surface area (Å²) >= 11 is 0. The molecule has 340 valence electrons. The largest absolute Gasteiger partial charge is 0.492 e. The number of esters is 2. The lowest BCUT2D eigenvalue weighted by molar-refractivity contribution is -0.219. The van der Waals surface area contributed by atoms with Crippen LogP contribution in [0.5, 0.6) is 5.75 Å². The van der Waals surface area contributed by atoms with Crippen LogP contribution in [-0.2, 0) is 25.7 Å². The number of nitrogens with one attached hydrogen (secondary N) is 1. The van der Waals surface area contributed by atoms with Gasteiger partial charge in [-0.05, 0) is 100 Å². The first kappa shape index (κ1) is 44.0. The summed E-state index contributed by atoms with van der Waals surface area (Å²) in [6.45, 7) is 7.89. The van der Waals surface area contributed by atoms with E-state index in [0.717, 1.165) is 12.8 Å². The van der Waals surface area contributed by atoms with Crippen molar-refractivity contribution in [3.63, 3.8) is 0 Å². The molecule has 0 spiro atoms. The van der Waals surface area contributed by atoms with Gasteiger partial charge in [0.2, 0.25) is 11.2 Å². The second kappa shape index (κ2) is 15.7. The van der Waals surface area contributed by atoms with Gasteiger partial charge in [0.15, 0.2) is 29.6 Å². The molecule has 5 fully saturated rings. The Morgan fingerprint density at radius 3 is 2.44 bits per heavy atom. The van der Waals surface area contributed by atoms with Gasteiger partial charge in [-0.2, -0.15) is 0 Å². The second-order valence-electron chi connectivity index (χ2n) is 19.4. The maximum atomic E-state index is 17.6. The lowest BCUT2D eigenvalue weighted by Gasteiger charge is -2.62. The van der Waals surface area contributed by atoms with E-state index in [1.54, 1.807) is 26.8 Å². The first-order valence-electron chi connectivity index (χ1n) is 22.3. The molecule has 0 bridgehead atoms. The van der Waals surface area contributed by atoms with E-state index in [4.69, 9.17) is 14.2 Å². The Morgan fingerprint density at radius 1 is 1.02 bits per heavy atom. The molecule has 2 aromatic carbocycles. The van der Waals surface area contributed by atoms with Crippen LogP contribution in [0.15, 0.2) is 65.1 Å². The van der Waals surface area contributed by atoms with Crippen molar-refractivity contribution < 1.29 is 52.4 Å². The van der Waals surface area contributed by atoms with Gasteiger partial charge >= 0.3 is 11.9 Å². The lowest BCUT2D eigenvalue weighted by Crippen LogP contribution is -2.69. The van der Waals surface area contributed by atoms with Crippen LogP contribution in [0.2, 0.25) is 0 Å². The molecule has 64 heavy (non-hydrogen) atoms. The van der Waals surface area contributed by atoms with Crippen molar-refractivity contribution in [3.8, 4) is 5.75 Å². The summed E-state index contributed by atoms with van der Waals surface area (Å²) in [5.74, 6) is -4.89. The number of carbonyl (C=O) groups excluding carboxylic acids is 4. The molecular formula is C49H55F2N3O10. The smallest absolute Gasteiger partial charge is 0.343 e. The number of allylic oxidation sites excluding steroid dienone is 4. The third-order valence-corrected chi connectivity index (χ3v) is 15.8. The molecule has 0 radical (unpaired) electrons. The molecule has 0 amide bonds. The Kier molecular flexibility index (Phi) is 10.8. The number of fused-ring (bicyclic) bond motifs is 6. The predicted octanol–water partition coefficient (Wildman–Crippen LogP) is 5.71. The van der Waals surface area contributed by atoms with Crippen molar-refractivity contribution in [2.45, 2.75) is 102 Å². The highest BCUT2D eigenvalue weighted by Crippen LogP contribution is 2.70. The van der Waals surface area contributed by atoms with Gasteiger partial charge in [-0.3, -0.25) is 14.4 Å². The molecule has 1 saturated heterocycles. The maximum Gasteiger partial charge on any atom is 0.343 e. The summed E-state index contributed by atoms with van der Waals surface area (Å²) in [5, 5.41) is 27.3. The van der Waals surface area contributed by atoms with Gasteiger partial charge < -0.3 is 39.2 Å². The van der Waals surface area contributed by atoms with Crippen LogP contribution >= 0.6 is 0 Å². The van der Waals surface area contributed by atoms with E-state index >= 15 is 8.78 Å². The number of halogens is 2. The van der Waals surface area contributed by atoms with Crippen LogP contribution in [0.1, 0.15) is 98.5 Å². The van der Waals surface area contributed by atoms with E-state index in [9.17, 15) is 34.2 Å². The van der Waals surface area contributed by atoms with Crippen molar-refractivity contribution in [3.05, 3.63) is 93.1 Å². The highest BCUT2D eigenvalue weighted by atomic mass is 19.1. The molecule has 1 aliphatic heterocycles. The van der Waals surface area contributed by atoms with Crippen LogP contribution in [-0.4, -0.2) is 95.1 Å². The number of Topliss-reactive ketones (excluding diaryl/α,β-unsaturated/α-hetero) is 1. The highest BCUT2D eigenvalue weighted by molar-refractivity contribution is 6.01. The minimum absolute atomic E-state index is 0.0108. The van der Waals surface area contributed by atoms with E-state index in [2.05, 4.69) is 5.32 Å². The number of ether oxygens (including phenoxy) is 3. The molecule has 13 nitrogen and oxygen atoms in total. The Balaban J connectivity index is 0.864. The number of ketones is 2. The van der Waals surface area contributed by atoms with Crippen molar-refractivity contribution in [2.24, 2.45) is 28.6 Å². The zero-order valence-electron chi connectivity index (χ0n) is 36.7. The minimum atomic E-state index is -2.12. The van der Waals surface area contributed by atoms with Crippen molar-refractivity contribution in [1.29, 1.82) is 0 Å². The Bertz CT molecular complexity index is 2590. The number of carbonyl (C=O) groups is 4. The fourth-order valence-electron chi connectivity index (χ4n) is 12.3. The SMILES string of the molecule is COc1c(N2CCNC(C)C2)c(F)cc2c(=O)c(C(=O)OCc3ccc(C(=O)OCC(=O)[C@]4(O)[C@H](C)C[C@@H]5[C@H]6CCC7=CC(=O)C=C[C@@]7(C)[C@]6(F)[C@H](O)C[C@]54C)cc3)cn(C3CC3)c12. The summed E-state index contributed by atoms with van der Waals surface area (Å²) in [4.78, 5) is 68.7. The second-order valence-corrected chi connectivity index (χ2v) is 19.4. The number of benzene rings is 2. The zero-order valence-corrected chi connectivity index (χ0v) is 36.7. The molecule has 15 heteroatoms. The van der Waals surface area contributed by atoms with Crippen molar-refractivity contribution in [2.75, 3.05) is 38.3 Å². The standard InChI is InChI=1S/C49H55F2N3O10/c1-26-18-36-35-13-10-30-19-32(55)14-15-46(30,3)48(35,51)38(56)21-47(36,4)49(26,61)39(57)25-64-44(59)29-8-6-28(7-9-29)24-63-45(60)34-23-54(31-11-12-31)40-33(42(34)58)20-37(50)41(43(40)62-5)53-17-16-52-27(2)22-53/h6-9,14-15,19-20,23,26-27,31,35-36,38,52,56,61H,10-13,16-18,21-22,24-25H2,1-5H3/t26-,27?,35-,36-,38-,46-,47-,48-,49-/m1/s1. The van der Waals surface area contributed by atoms with Crippen LogP contribution < -0.4 is 20.4 Å². The summed E-state index contributed by atoms with van der Waals surface area (Å²) in [5.41, 5.74) is -5.63. The fraction of sp³-hybridized carbons (Fsp3) is 0.531. The first-order valence-corrected chi connectivity index (χ1v) is 22.3. The number of aliphatic hydroxyl groups excluding tert-OH is 1. The molecule has 3 N–H and O–H groups in total. The number of anilines is 1. The molecule has 1 aromatic heterocycles. The number of alkyl halides is 1. The number of hydrogen-bond acceptors (Lipinski definition) is 12. The average Bonchev–Trinajstić information content (AvgIpc) is 4.09. The van der Waals surface area contributed by atoms with Gasteiger partial charge in [0.05, 0.1) is 29.7 Å². The number of aromatic nitrogens is 1. The van der Waals surface area contributed by atoms with Crippen molar-refractivity contribution >= 4 is 40.1 Å².